The van der Waals surface area contributed by atoms with Crippen LogP contribution in [0.15, 0.2) is 0 Å². The average molecular weight is 248 g/mol. The Morgan fingerprint density at radius 1 is 1.50 bits per heavy atom. The second kappa shape index (κ2) is 4.71. The van der Waals surface area contributed by atoms with E-state index in [1.54, 1.807) is 4.90 Å². The number of amides is 1. The van der Waals surface area contributed by atoms with Crippen LogP contribution in [-0.2, 0) is 14.6 Å². The molecule has 16 heavy (non-hydrogen) atoms. The molecular weight excluding hydrogens is 228 g/mol. The molecule has 1 fully saturated rings. The van der Waals surface area contributed by atoms with Gasteiger partial charge in [0.1, 0.15) is 5.25 Å². The highest BCUT2D eigenvalue weighted by Gasteiger charge is 2.32. The first kappa shape index (κ1) is 13.4. The quantitative estimate of drug-likeness (QED) is 0.722. The summed E-state index contributed by atoms with van der Waals surface area (Å²) < 4.78 is 22.6. The van der Waals surface area contributed by atoms with Crippen molar-refractivity contribution in [2.45, 2.75) is 31.6 Å². The Labute approximate surface area is 96.9 Å². The molecule has 1 aliphatic rings. The zero-order valence-electron chi connectivity index (χ0n) is 10.0. The van der Waals surface area contributed by atoms with Crippen molar-refractivity contribution in [3.05, 3.63) is 0 Å². The Morgan fingerprint density at radius 2 is 2.06 bits per heavy atom. The molecule has 1 saturated heterocycles. The van der Waals surface area contributed by atoms with Crippen LogP contribution in [0, 0.1) is 5.92 Å². The lowest BCUT2D eigenvalue weighted by Crippen LogP contribution is -2.51. The van der Waals surface area contributed by atoms with Crippen molar-refractivity contribution in [2.24, 2.45) is 11.7 Å². The molecule has 0 radical (unpaired) electrons. The van der Waals surface area contributed by atoms with Gasteiger partial charge in [-0.15, -0.1) is 0 Å². The summed E-state index contributed by atoms with van der Waals surface area (Å²) in [4.78, 5) is 13.5. The van der Waals surface area contributed by atoms with E-state index in [4.69, 9.17) is 5.73 Å². The van der Waals surface area contributed by atoms with Crippen molar-refractivity contribution in [2.75, 3.05) is 19.3 Å². The van der Waals surface area contributed by atoms with E-state index in [2.05, 4.69) is 0 Å². The van der Waals surface area contributed by atoms with Gasteiger partial charge < -0.3 is 10.6 Å². The van der Waals surface area contributed by atoms with E-state index in [1.165, 1.54) is 6.92 Å². The fourth-order valence-electron chi connectivity index (χ4n) is 1.80. The van der Waals surface area contributed by atoms with Crippen LogP contribution in [0.25, 0.3) is 0 Å². The normalized spacial score (nSPS) is 28.9. The van der Waals surface area contributed by atoms with Gasteiger partial charge in [-0.2, -0.15) is 0 Å². The Hall–Kier alpha value is -0.620. The van der Waals surface area contributed by atoms with E-state index >= 15 is 0 Å². The predicted molar refractivity (Wildman–Crippen MR) is 62.6 cm³/mol. The van der Waals surface area contributed by atoms with Crippen LogP contribution in [0.3, 0.4) is 0 Å². The Morgan fingerprint density at radius 3 is 2.50 bits per heavy atom. The summed E-state index contributed by atoms with van der Waals surface area (Å²) in [7, 11) is -3.30. The van der Waals surface area contributed by atoms with Gasteiger partial charge in [-0.05, 0) is 19.3 Å². The number of likely N-dealkylation sites (tertiary alicyclic amines) is 1. The molecule has 1 heterocycles. The van der Waals surface area contributed by atoms with Crippen molar-refractivity contribution >= 4 is 15.7 Å². The highest BCUT2D eigenvalue weighted by Crippen LogP contribution is 2.17. The van der Waals surface area contributed by atoms with Crippen molar-refractivity contribution < 1.29 is 13.2 Å². The maximum Gasteiger partial charge on any atom is 0.240 e. The van der Waals surface area contributed by atoms with E-state index in [1.807, 2.05) is 6.92 Å². The second-order valence-electron chi connectivity index (χ2n) is 4.69. The third-order valence-electron chi connectivity index (χ3n) is 3.27. The average Bonchev–Trinajstić information content (AvgIpc) is 2.18. The molecule has 1 aliphatic heterocycles. The van der Waals surface area contributed by atoms with Crippen LogP contribution in [-0.4, -0.2) is 49.9 Å². The Balaban J connectivity index is 2.69. The first-order chi connectivity index (χ1) is 7.23. The lowest BCUT2D eigenvalue weighted by atomic mass is 9.95. The summed E-state index contributed by atoms with van der Waals surface area (Å²) in [6.45, 7) is 4.54. The number of nitrogens with two attached hydrogens (primary N) is 1. The van der Waals surface area contributed by atoms with E-state index in [0.717, 1.165) is 12.7 Å². The van der Waals surface area contributed by atoms with Crippen LogP contribution < -0.4 is 5.73 Å². The van der Waals surface area contributed by atoms with Gasteiger partial charge in [-0.3, -0.25) is 4.79 Å². The molecule has 1 rings (SSSR count). The van der Waals surface area contributed by atoms with E-state index in [9.17, 15) is 13.2 Å². The van der Waals surface area contributed by atoms with E-state index < -0.39 is 15.1 Å². The molecule has 3 unspecified atom stereocenters. The Kier molecular flexibility index (Phi) is 3.96. The molecule has 0 bridgehead atoms. The van der Waals surface area contributed by atoms with Gasteiger partial charge in [-0.1, -0.05) is 6.92 Å². The minimum absolute atomic E-state index is 0.109. The molecular formula is C10H20N2O3S. The minimum atomic E-state index is -3.30. The third kappa shape index (κ3) is 2.95. The minimum Gasteiger partial charge on any atom is -0.341 e. The molecule has 2 N–H and O–H groups in total. The summed E-state index contributed by atoms with van der Waals surface area (Å²) in [6.07, 6.45) is 1.83. The highest BCUT2D eigenvalue weighted by molar-refractivity contribution is 7.92. The van der Waals surface area contributed by atoms with Gasteiger partial charge in [0.15, 0.2) is 9.84 Å². The molecule has 0 aromatic carbocycles. The number of carbonyl (C=O) groups excluding carboxylic acids is 1. The van der Waals surface area contributed by atoms with Gasteiger partial charge in [-0.25, -0.2) is 8.42 Å². The summed E-state index contributed by atoms with van der Waals surface area (Å²) >= 11 is 0. The lowest BCUT2D eigenvalue weighted by Gasteiger charge is -2.36. The lowest BCUT2D eigenvalue weighted by molar-refractivity contribution is -0.132. The van der Waals surface area contributed by atoms with Crippen LogP contribution >= 0.6 is 0 Å². The molecule has 0 saturated carbocycles. The number of hydrogen-bond donors (Lipinski definition) is 1. The standard InChI is InChI=1S/C10H20N2O3S/c1-7-6-12(5-4-9(7)11)10(13)8(2)16(3,14)15/h7-9H,4-6,11H2,1-3H3. The smallest absolute Gasteiger partial charge is 0.240 e. The maximum absolute atomic E-state index is 11.9. The van der Waals surface area contributed by atoms with Crippen LogP contribution in [0.2, 0.25) is 0 Å². The van der Waals surface area contributed by atoms with Crippen molar-refractivity contribution in [1.82, 2.24) is 4.90 Å². The zero-order valence-corrected chi connectivity index (χ0v) is 10.8. The molecule has 5 nitrogen and oxygen atoms in total. The number of rotatable bonds is 2. The van der Waals surface area contributed by atoms with Gasteiger partial charge in [0.25, 0.3) is 0 Å². The molecule has 6 heteroatoms. The van der Waals surface area contributed by atoms with Gasteiger partial charge in [0, 0.05) is 25.4 Å². The number of sulfone groups is 1. The highest BCUT2D eigenvalue weighted by atomic mass is 32.2. The van der Waals surface area contributed by atoms with E-state index in [0.29, 0.717) is 13.1 Å². The maximum atomic E-state index is 11.9. The summed E-state index contributed by atoms with van der Waals surface area (Å²) in [6, 6.07) is 0.109. The summed E-state index contributed by atoms with van der Waals surface area (Å²) in [5.41, 5.74) is 5.85. The van der Waals surface area contributed by atoms with E-state index in [-0.39, 0.29) is 17.9 Å². The second-order valence-corrected chi connectivity index (χ2v) is 7.05. The molecule has 94 valence electrons. The third-order valence-corrected chi connectivity index (χ3v) is 4.76. The molecule has 0 aromatic rings. The van der Waals surface area contributed by atoms with Crippen molar-refractivity contribution in [3.63, 3.8) is 0 Å². The predicted octanol–water partition coefficient (Wildman–Crippen LogP) is -0.385. The number of carbonyl (C=O) groups is 1. The van der Waals surface area contributed by atoms with Crippen molar-refractivity contribution in [3.8, 4) is 0 Å². The van der Waals surface area contributed by atoms with Crippen LogP contribution in [0.1, 0.15) is 20.3 Å². The molecule has 0 spiro atoms. The summed E-state index contributed by atoms with van der Waals surface area (Å²) in [5.74, 6) is -0.0780. The Bertz CT molecular complexity index is 366. The molecule has 1 amide bonds. The van der Waals surface area contributed by atoms with Gasteiger partial charge >= 0.3 is 0 Å². The SMILES string of the molecule is CC1CN(C(=O)C(C)S(C)(=O)=O)CCC1N. The van der Waals surface area contributed by atoms with Crippen LogP contribution in [0.4, 0.5) is 0 Å². The largest absolute Gasteiger partial charge is 0.341 e. The van der Waals surface area contributed by atoms with Crippen molar-refractivity contribution in [1.29, 1.82) is 0 Å². The number of hydrogen-bond acceptors (Lipinski definition) is 4. The van der Waals surface area contributed by atoms with Gasteiger partial charge in [0.05, 0.1) is 0 Å². The first-order valence-electron chi connectivity index (χ1n) is 5.46. The van der Waals surface area contributed by atoms with Gasteiger partial charge in [0.2, 0.25) is 5.91 Å². The number of piperidine rings is 1. The first-order valence-corrected chi connectivity index (χ1v) is 7.42. The monoisotopic (exact) mass is 248 g/mol. The number of nitrogens with zero attached hydrogens (tertiary/aromatic N) is 1. The van der Waals surface area contributed by atoms with Crippen LogP contribution in [0.5, 0.6) is 0 Å². The zero-order chi connectivity index (χ0) is 12.5. The molecule has 3 atom stereocenters. The molecule has 0 aliphatic carbocycles. The molecule has 0 aromatic heterocycles. The fourth-order valence-corrected chi connectivity index (χ4v) is 2.32. The topological polar surface area (TPSA) is 80.5 Å². The fraction of sp³-hybridized carbons (Fsp3) is 0.900. The summed E-state index contributed by atoms with van der Waals surface area (Å²) in [5, 5.41) is -0.950.